The average molecular weight is 404 g/mol. The highest BCUT2D eigenvalue weighted by molar-refractivity contribution is 7.12. The Morgan fingerprint density at radius 3 is 2.41 bits per heavy atom. The molecule has 1 aliphatic heterocycles. The predicted molar refractivity (Wildman–Crippen MR) is 113 cm³/mol. The summed E-state index contributed by atoms with van der Waals surface area (Å²) in [6.45, 7) is 2.26. The first-order valence-corrected chi connectivity index (χ1v) is 10.2. The third-order valence-electron chi connectivity index (χ3n) is 4.98. The number of nitrogens with zero attached hydrogens (tertiary/aromatic N) is 2. The zero-order valence-electron chi connectivity index (χ0n) is 15.9. The van der Waals surface area contributed by atoms with Crippen LogP contribution in [0.15, 0.2) is 72.1 Å². The van der Waals surface area contributed by atoms with Gasteiger partial charge in [-0.3, -0.25) is 14.4 Å². The summed E-state index contributed by atoms with van der Waals surface area (Å²) in [5.41, 5.74) is 2.56. The smallest absolute Gasteiger partial charge is 0.264 e. The highest BCUT2D eigenvalue weighted by Gasteiger charge is 2.44. The fourth-order valence-electron chi connectivity index (χ4n) is 3.46. The summed E-state index contributed by atoms with van der Waals surface area (Å²) in [5, 5.41) is 1.83. The predicted octanol–water partition coefficient (Wildman–Crippen LogP) is 4.03. The number of carbonyl (C=O) groups excluding carboxylic acids is 3. The van der Waals surface area contributed by atoms with E-state index in [4.69, 9.17) is 0 Å². The maximum Gasteiger partial charge on any atom is 0.264 e. The summed E-state index contributed by atoms with van der Waals surface area (Å²) >= 11 is 1.33. The van der Waals surface area contributed by atoms with Crippen molar-refractivity contribution in [2.75, 3.05) is 4.90 Å². The molecule has 3 amide bonds. The molecule has 5 nitrogen and oxygen atoms in total. The second kappa shape index (κ2) is 8.01. The van der Waals surface area contributed by atoms with E-state index in [1.807, 2.05) is 42.6 Å². The average Bonchev–Trinajstić information content (AvgIpc) is 3.36. The standard InChI is InChI=1S/C23H20N2O3S/c1-16-9-11-17(12-10-16)15-24(23(28)20-8-5-13-29-20)19-14-21(26)25(22(19)27)18-6-3-2-4-7-18/h2-13,19H,14-15H2,1H3. The minimum Gasteiger partial charge on any atom is -0.321 e. The van der Waals surface area contributed by atoms with Gasteiger partial charge in [0.15, 0.2) is 0 Å². The van der Waals surface area contributed by atoms with Crippen molar-refractivity contribution in [2.45, 2.75) is 25.9 Å². The van der Waals surface area contributed by atoms with E-state index in [0.29, 0.717) is 10.6 Å². The van der Waals surface area contributed by atoms with Crippen LogP contribution in [0.4, 0.5) is 5.69 Å². The summed E-state index contributed by atoms with van der Waals surface area (Å²) in [5.74, 6) is -0.890. The van der Waals surface area contributed by atoms with Gasteiger partial charge in [0.1, 0.15) is 6.04 Å². The van der Waals surface area contributed by atoms with Crippen LogP contribution in [-0.4, -0.2) is 28.7 Å². The minimum atomic E-state index is -0.821. The number of rotatable bonds is 5. The molecule has 1 aromatic heterocycles. The summed E-state index contributed by atoms with van der Waals surface area (Å²) in [6, 6.07) is 19.4. The van der Waals surface area contributed by atoms with Gasteiger partial charge in [-0.05, 0) is 36.1 Å². The molecule has 0 bridgehead atoms. The van der Waals surface area contributed by atoms with Gasteiger partial charge in [-0.15, -0.1) is 11.3 Å². The molecule has 1 unspecified atom stereocenters. The molecule has 29 heavy (non-hydrogen) atoms. The number of hydrogen-bond donors (Lipinski definition) is 0. The van der Waals surface area contributed by atoms with Gasteiger partial charge in [-0.25, -0.2) is 4.90 Å². The Bertz CT molecular complexity index is 1030. The fourth-order valence-corrected chi connectivity index (χ4v) is 4.14. The van der Waals surface area contributed by atoms with E-state index in [-0.39, 0.29) is 30.7 Å². The Morgan fingerprint density at radius 2 is 1.76 bits per heavy atom. The Morgan fingerprint density at radius 1 is 1.03 bits per heavy atom. The molecule has 146 valence electrons. The molecular formula is C23H20N2O3S. The molecule has 0 radical (unpaired) electrons. The van der Waals surface area contributed by atoms with Gasteiger partial charge < -0.3 is 4.90 Å². The lowest BCUT2D eigenvalue weighted by molar-refractivity contribution is -0.122. The lowest BCUT2D eigenvalue weighted by Gasteiger charge is -2.27. The first kappa shape index (κ1) is 19.1. The van der Waals surface area contributed by atoms with Gasteiger partial charge >= 0.3 is 0 Å². The normalized spacial score (nSPS) is 16.3. The lowest BCUT2D eigenvalue weighted by atomic mass is 10.1. The van der Waals surface area contributed by atoms with E-state index in [2.05, 4.69) is 0 Å². The Balaban J connectivity index is 1.67. The van der Waals surface area contributed by atoms with E-state index in [1.54, 1.807) is 36.4 Å². The lowest BCUT2D eigenvalue weighted by Crippen LogP contribution is -2.44. The number of anilines is 1. The Hall–Kier alpha value is -3.25. The van der Waals surface area contributed by atoms with Crippen LogP contribution in [0.1, 0.15) is 27.2 Å². The van der Waals surface area contributed by atoms with Crippen molar-refractivity contribution in [1.29, 1.82) is 0 Å². The first-order chi connectivity index (χ1) is 14.0. The third-order valence-corrected chi connectivity index (χ3v) is 5.84. The summed E-state index contributed by atoms with van der Waals surface area (Å²) in [6.07, 6.45) is -0.0172. The second-order valence-corrected chi connectivity index (χ2v) is 7.97. The number of imide groups is 1. The summed E-state index contributed by atoms with van der Waals surface area (Å²) in [4.78, 5) is 42.3. The van der Waals surface area contributed by atoms with Gasteiger partial charge in [0.05, 0.1) is 17.0 Å². The highest BCUT2D eigenvalue weighted by atomic mass is 32.1. The maximum absolute atomic E-state index is 13.2. The van der Waals surface area contributed by atoms with Gasteiger partial charge in [0.25, 0.3) is 11.8 Å². The van der Waals surface area contributed by atoms with Crippen molar-refractivity contribution in [1.82, 2.24) is 4.90 Å². The molecule has 0 saturated carbocycles. The number of aryl methyl sites for hydroxylation is 1. The molecule has 2 heterocycles. The monoisotopic (exact) mass is 404 g/mol. The Labute approximate surface area is 173 Å². The number of para-hydroxylation sites is 1. The van der Waals surface area contributed by atoms with Gasteiger partial charge in [-0.1, -0.05) is 54.1 Å². The maximum atomic E-state index is 13.2. The molecule has 4 rings (SSSR count). The molecule has 0 aliphatic carbocycles. The van der Waals surface area contributed by atoms with Crippen molar-refractivity contribution < 1.29 is 14.4 Å². The largest absolute Gasteiger partial charge is 0.321 e. The van der Waals surface area contributed by atoms with Crippen LogP contribution in [-0.2, 0) is 16.1 Å². The highest BCUT2D eigenvalue weighted by Crippen LogP contribution is 2.28. The van der Waals surface area contributed by atoms with Gasteiger partial charge in [0.2, 0.25) is 5.91 Å². The summed E-state index contributed by atoms with van der Waals surface area (Å²) in [7, 11) is 0. The van der Waals surface area contributed by atoms with Crippen molar-refractivity contribution in [3.63, 3.8) is 0 Å². The number of benzene rings is 2. The fraction of sp³-hybridized carbons (Fsp3) is 0.174. The van der Waals surface area contributed by atoms with Crippen molar-refractivity contribution in [3.05, 3.63) is 88.1 Å². The molecule has 1 saturated heterocycles. The SMILES string of the molecule is Cc1ccc(CN(C(=O)c2cccs2)C2CC(=O)N(c3ccccc3)C2=O)cc1. The number of hydrogen-bond acceptors (Lipinski definition) is 4. The van der Waals surface area contributed by atoms with Crippen LogP contribution in [0.5, 0.6) is 0 Å². The third kappa shape index (κ3) is 3.84. The van der Waals surface area contributed by atoms with Crippen molar-refractivity contribution in [3.8, 4) is 0 Å². The number of amides is 3. The van der Waals surface area contributed by atoms with E-state index in [1.165, 1.54) is 21.1 Å². The van der Waals surface area contributed by atoms with Crippen LogP contribution in [0.3, 0.4) is 0 Å². The van der Waals surface area contributed by atoms with E-state index in [9.17, 15) is 14.4 Å². The number of carbonyl (C=O) groups is 3. The van der Waals surface area contributed by atoms with Crippen molar-refractivity contribution >= 4 is 34.7 Å². The molecule has 1 fully saturated rings. The molecule has 2 aromatic carbocycles. The minimum absolute atomic E-state index is 0.0172. The molecule has 0 N–H and O–H groups in total. The zero-order valence-corrected chi connectivity index (χ0v) is 16.8. The van der Waals surface area contributed by atoms with E-state index >= 15 is 0 Å². The van der Waals surface area contributed by atoms with E-state index < -0.39 is 6.04 Å². The second-order valence-electron chi connectivity index (χ2n) is 7.02. The van der Waals surface area contributed by atoms with Crippen LogP contribution in [0, 0.1) is 6.92 Å². The van der Waals surface area contributed by atoms with E-state index in [0.717, 1.165) is 11.1 Å². The quantitative estimate of drug-likeness (QED) is 0.603. The van der Waals surface area contributed by atoms with Crippen LogP contribution < -0.4 is 4.90 Å². The topological polar surface area (TPSA) is 57.7 Å². The first-order valence-electron chi connectivity index (χ1n) is 9.36. The number of thiophene rings is 1. The summed E-state index contributed by atoms with van der Waals surface area (Å²) < 4.78 is 0. The molecule has 0 spiro atoms. The molecule has 6 heteroatoms. The van der Waals surface area contributed by atoms with Crippen molar-refractivity contribution in [2.24, 2.45) is 0 Å². The Kier molecular flexibility index (Phi) is 5.27. The van der Waals surface area contributed by atoms with Crippen LogP contribution in [0.2, 0.25) is 0 Å². The zero-order chi connectivity index (χ0) is 20.4. The van der Waals surface area contributed by atoms with Gasteiger partial charge in [-0.2, -0.15) is 0 Å². The molecule has 1 aliphatic rings. The van der Waals surface area contributed by atoms with Crippen LogP contribution in [0.25, 0.3) is 0 Å². The molecule has 3 aromatic rings. The molecular weight excluding hydrogens is 384 g/mol. The van der Waals surface area contributed by atoms with Crippen LogP contribution >= 0.6 is 11.3 Å². The molecule has 1 atom stereocenters. The van der Waals surface area contributed by atoms with Gasteiger partial charge in [0, 0.05) is 6.54 Å².